The number of halogens is 1. The molecule has 0 radical (unpaired) electrons. The third-order valence-electron chi connectivity index (χ3n) is 1.46. The number of aromatic nitrogens is 2. The molecule has 0 atom stereocenters. The molecule has 0 bridgehead atoms. The molecule has 0 unspecified atom stereocenters. The highest BCUT2D eigenvalue weighted by molar-refractivity contribution is 9.10. The summed E-state index contributed by atoms with van der Waals surface area (Å²) >= 11 is 3.14. The van der Waals surface area contributed by atoms with Crippen LogP contribution in [0.3, 0.4) is 0 Å². The molecule has 1 aromatic rings. The van der Waals surface area contributed by atoms with E-state index in [1.807, 2.05) is 26.0 Å². The summed E-state index contributed by atoms with van der Waals surface area (Å²) in [6.07, 6.45) is 6.81. The predicted molar refractivity (Wildman–Crippen MR) is 64.1 cm³/mol. The van der Waals surface area contributed by atoms with Crippen molar-refractivity contribution < 1.29 is 5.11 Å². The zero-order valence-corrected chi connectivity index (χ0v) is 10.1. The van der Waals surface area contributed by atoms with Gasteiger partial charge in [-0.05, 0) is 35.9 Å². The summed E-state index contributed by atoms with van der Waals surface area (Å²) in [5, 5.41) is 13.2. The van der Waals surface area contributed by atoms with Crippen LogP contribution in [0.4, 0.5) is 0 Å². The first kappa shape index (κ1) is 11.7. The Morgan fingerprint density at radius 2 is 2.33 bits per heavy atom. The molecule has 0 saturated heterocycles. The first-order chi connectivity index (χ1) is 7.09. The fourth-order valence-electron chi connectivity index (χ4n) is 0.827. The van der Waals surface area contributed by atoms with Crippen molar-refractivity contribution in [2.24, 2.45) is 4.99 Å². The fraction of sp³-hybridized carbons (Fsp3) is 0.200. The number of aliphatic imine (C=N–C) groups is 1. The predicted octanol–water partition coefficient (Wildman–Crippen LogP) is 2.71. The number of aromatic hydroxyl groups is 1. The Bertz CT molecular complexity index is 414. The largest absolute Gasteiger partial charge is 0.493 e. The van der Waals surface area contributed by atoms with Gasteiger partial charge in [-0.2, -0.15) is 9.78 Å². The molecule has 4 nitrogen and oxygen atoms in total. The Balaban J connectivity index is 2.62. The van der Waals surface area contributed by atoms with Crippen molar-refractivity contribution in [2.45, 2.75) is 13.8 Å². The van der Waals surface area contributed by atoms with Crippen LogP contribution < -0.4 is 0 Å². The van der Waals surface area contributed by atoms with Crippen molar-refractivity contribution in [2.75, 3.05) is 0 Å². The molecular weight excluding hydrogens is 258 g/mol. The van der Waals surface area contributed by atoms with Crippen LogP contribution in [0.2, 0.25) is 0 Å². The molecule has 0 amide bonds. The summed E-state index contributed by atoms with van der Waals surface area (Å²) in [6.45, 7) is 4.01. The Morgan fingerprint density at radius 1 is 1.60 bits per heavy atom. The van der Waals surface area contributed by atoms with Gasteiger partial charge in [0.05, 0.1) is 0 Å². The molecule has 0 aliphatic rings. The Hall–Kier alpha value is -1.36. The van der Waals surface area contributed by atoms with Crippen LogP contribution in [0.5, 0.6) is 5.88 Å². The van der Waals surface area contributed by atoms with Crippen LogP contribution in [0, 0.1) is 0 Å². The zero-order chi connectivity index (χ0) is 11.3. The van der Waals surface area contributed by atoms with Gasteiger partial charge in [0.25, 0.3) is 0 Å². The fourth-order valence-corrected chi connectivity index (χ4v) is 1.20. The van der Waals surface area contributed by atoms with Crippen LogP contribution in [0.1, 0.15) is 13.8 Å². The SMILES string of the molecule is CC(C)=C/C=C\N=C\n1nc(Br)cc1O. The van der Waals surface area contributed by atoms with E-state index in [1.54, 1.807) is 6.20 Å². The lowest BCUT2D eigenvalue weighted by Gasteiger charge is -1.90. The van der Waals surface area contributed by atoms with Gasteiger partial charge in [0.1, 0.15) is 10.9 Å². The number of hydrogen-bond acceptors (Lipinski definition) is 3. The minimum Gasteiger partial charge on any atom is -0.493 e. The minimum absolute atomic E-state index is 0.0428. The molecule has 0 aliphatic heterocycles. The maximum atomic E-state index is 9.32. The number of rotatable bonds is 3. The summed E-state index contributed by atoms with van der Waals surface area (Å²) in [5.41, 5.74) is 1.20. The van der Waals surface area contributed by atoms with Gasteiger partial charge in [-0.3, -0.25) is 0 Å². The molecule has 0 fully saturated rings. The Labute approximate surface area is 96.8 Å². The third kappa shape index (κ3) is 4.12. The highest BCUT2D eigenvalue weighted by atomic mass is 79.9. The first-order valence-electron chi connectivity index (χ1n) is 4.37. The Morgan fingerprint density at radius 3 is 2.87 bits per heavy atom. The molecule has 1 rings (SSSR count). The molecule has 1 aromatic heterocycles. The van der Waals surface area contributed by atoms with E-state index in [4.69, 9.17) is 0 Å². The minimum atomic E-state index is 0.0428. The van der Waals surface area contributed by atoms with Gasteiger partial charge in [-0.15, -0.1) is 0 Å². The lowest BCUT2D eigenvalue weighted by molar-refractivity contribution is 0.440. The van der Waals surface area contributed by atoms with Crippen LogP contribution in [-0.4, -0.2) is 21.2 Å². The smallest absolute Gasteiger partial charge is 0.216 e. The van der Waals surface area contributed by atoms with E-state index in [0.717, 1.165) is 0 Å². The molecule has 80 valence electrons. The van der Waals surface area contributed by atoms with Gasteiger partial charge >= 0.3 is 0 Å². The highest BCUT2D eigenvalue weighted by Gasteiger charge is 1.99. The van der Waals surface area contributed by atoms with E-state index < -0.39 is 0 Å². The second-order valence-corrected chi connectivity index (χ2v) is 3.93. The van der Waals surface area contributed by atoms with Gasteiger partial charge in [0, 0.05) is 12.3 Å². The maximum absolute atomic E-state index is 9.32. The molecule has 5 heteroatoms. The van der Waals surface area contributed by atoms with E-state index in [1.165, 1.54) is 22.7 Å². The quantitative estimate of drug-likeness (QED) is 0.521. The van der Waals surface area contributed by atoms with E-state index in [-0.39, 0.29) is 5.88 Å². The summed E-state index contributed by atoms with van der Waals surface area (Å²) in [6, 6.07) is 1.49. The molecule has 0 aliphatic carbocycles. The maximum Gasteiger partial charge on any atom is 0.216 e. The average Bonchev–Trinajstić information content (AvgIpc) is 2.44. The van der Waals surface area contributed by atoms with Gasteiger partial charge < -0.3 is 5.11 Å². The molecule has 0 saturated carbocycles. The standard InChI is InChI=1S/C10H12BrN3O/c1-8(2)4-3-5-12-7-14-10(15)6-9(11)13-14/h3-7,15H,1-2H3/b5-3-,12-7+. The molecule has 1 N–H and O–H groups in total. The summed E-state index contributed by atoms with van der Waals surface area (Å²) in [4.78, 5) is 3.96. The van der Waals surface area contributed by atoms with Crippen molar-refractivity contribution in [1.29, 1.82) is 0 Å². The van der Waals surface area contributed by atoms with Crippen LogP contribution in [0.25, 0.3) is 0 Å². The second-order valence-electron chi connectivity index (χ2n) is 3.12. The number of hydrogen-bond donors (Lipinski definition) is 1. The van der Waals surface area contributed by atoms with Crippen LogP contribution in [-0.2, 0) is 0 Å². The second kappa shape index (κ2) is 5.50. The van der Waals surface area contributed by atoms with Crippen molar-refractivity contribution in [3.63, 3.8) is 0 Å². The highest BCUT2D eigenvalue weighted by Crippen LogP contribution is 2.14. The average molecular weight is 270 g/mol. The van der Waals surface area contributed by atoms with Crippen molar-refractivity contribution in [3.8, 4) is 5.88 Å². The lowest BCUT2D eigenvalue weighted by atomic mass is 10.3. The van der Waals surface area contributed by atoms with E-state index in [9.17, 15) is 5.11 Å². The first-order valence-corrected chi connectivity index (χ1v) is 5.16. The summed E-state index contributed by atoms with van der Waals surface area (Å²) < 4.78 is 1.84. The molecule has 15 heavy (non-hydrogen) atoms. The Kier molecular flexibility index (Phi) is 4.30. The van der Waals surface area contributed by atoms with Crippen LogP contribution in [0.15, 0.2) is 39.6 Å². The number of nitrogens with zero attached hydrogens (tertiary/aromatic N) is 3. The topological polar surface area (TPSA) is 50.4 Å². The van der Waals surface area contributed by atoms with Gasteiger partial charge in [-0.1, -0.05) is 11.6 Å². The number of allylic oxidation sites excluding steroid dienone is 3. The summed E-state index contributed by atoms with van der Waals surface area (Å²) in [7, 11) is 0. The normalized spacial score (nSPS) is 11.4. The van der Waals surface area contributed by atoms with E-state index >= 15 is 0 Å². The van der Waals surface area contributed by atoms with Crippen molar-refractivity contribution in [3.05, 3.63) is 34.6 Å². The molecule has 0 spiro atoms. The van der Waals surface area contributed by atoms with Crippen molar-refractivity contribution >= 4 is 22.3 Å². The van der Waals surface area contributed by atoms with E-state index in [0.29, 0.717) is 4.60 Å². The zero-order valence-electron chi connectivity index (χ0n) is 8.55. The van der Waals surface area contributed by atoms with Gasteiger partial charge in [-0.25, -0.2) is 4.99 Å². The van der Waals surface area contributed by atoms with Gasteiger partial charge in [0.2, 0.25) is 5.88 Å². The van der Waals surface area contributed by atoms with Crippen molar-refractivity contribution in [1.82, 2.24) is 9.78 Å². The molecular formula is C10H12BrN3O. The summed E-state index contributed by atoms with van der Waals surface area (Å²) in [5.74, 6) is 0.0428. The van der Waals surface area contributed by atoms with E-state index in [2.05, 4.69) is 26.0 Å². The van der Waals surface area contributed by atoms with Crippen LogP contribution >= 0.6 is 15.9 Å². The van der Waals surface area contributed by atoms with Gasteiger partial charge in [0.15, 0.2) is 0 Å². The molecule has 1 heterocycles. The molecule has 0 aromatic carbocycles. The third-order valence-corrected chi connectivity index (χ3v) is 1.85. The lowest BCUT2D eigenvalue weighted by Crippen LogP contribution is -1.95. The monoisotopic (exact) mass is 269 g/mol.